The lowest BCUT2D eigenvalue weighted by molar-refractivity contribution is -0.0874. The molecule has 0 spiro atoms. The van der Waals surface area contributed by atoms with E-state index in [4.69, 9.17) is 0 Å². The van der Waals surface area contributed by atoms with E-state index >= 15 is 0 Å². The molecule has 9 rings (SSSR count). The van der Waals surface area contributed by atoms with Crippen LogP contribution >= 0.6 is 0 Å². The van der Waals surface area contributed by atoms with Crippen molar-refractivity contribution in [2.75, 3.05) is 0 Å². The summed E-state index contributed by atoms with van der Waals surface area (Å²) in [6.07, 6.45) is 8.80. The zero-order valence-corrected chi connectivity index (χ0v) is 16.5. The van der Waals surface area contributed by atoms with Crippen molar-refractivity contribution in [3.63, 3.8) is 0 Å². The van der Waals surface area contributed by atoms with E-state index in [1.165, 1.54) is 14.1 Å². The molecule has 150 valence electrons. The summed E-state index contributed by atoms with van der Waals surface area (Å²) >= 11 is 0. The molecule has 1 fully saturated rings. The van der Waals surface area contributed by atoms with E-state index in [1.807, 2.05) is 38.2 Å². The number of nitrogens with zero attached hydrogens (tertiary/aromatic N) is 6. The van der Waals surface area contributed by atoms with Crippen molar-refractivity contribution in [1.82, 2.24) is 27.9 Å². The molecule has 1 saturated carbocycles. The Bertz CT molecular complexity index is 1390. The van der Waals surface area contributed by atoms with Gasteiger partial charge in [-0.2, -0.15) is 0 Å². The Morgan fingerprint density at radius 3 is 1.48 bits per heavy atom. The number of hydrogen-bond donors (Lipinski definition) is 0. The molecule has 0 amide bonds. The monoisotopic (exact) mass is 396 g/mol. The first-order chi connectivity index (χ1) is 13.6. The second kappa shape index (κ2) is 3.73. The molecular formula is C19H20N6O4. The van der Waals surface area contributed by atoms with E-state index in [0.717, 1.165) is 15.6 Å². The van der Waals surface area contributed by atoms with Gasteiger partial charge in [0.05, 0.1) is 23.2 Å². The van der Waals surface area contributed by atoms with Gasteiger partial charge in [0.15, 0.2) is 0 Å². The van der Waals surface area contributed by atoms with Crippen molar-refractivity contribution in [3.05, 3.63) is 66.2 Å². The molecule has 2 aromatic heterocycles. The quantitative estimate of drug-likeness (QED) is 0.521. The largest absolute Gasteiger partial charge is 0.347 e. The predicted molar refractivity (Wildman–Crippen MR) is 101 cm³/mol. The molecule has 2 aromatic rings. The molecule has 6 heterocycles. The van der Waals surface area contributed by atoms with Crippen molar-refractivity contribution in [2.45, 2.75) is 43.4 Å². The van der Waals surface area contributed by atoms with Gasteiger partial charge in [-0.05, 0) is 20.3 Å². The van der Waals surface area contributed by atoms with Crippen molar-refractivity contribution < 1.29 is 0 Å². The maximum Gasteiger partial charge on any atom is 0.347 e. The van der Waals surface area contributed by atoms with Gasteiger partial charge in [-0.1, -0.05) is 24.3 Å². The van der Waals surface area contributed by atoms with Gasteiger partial charge in [-0.3, -0.25) is 0 Å². The van der Waals surface area contributed by atoms with Crippen LogP contribution < -0.4 is 22.8 Å². The van der Waals surface area contributed by atoms with E-state index in [2.05, 4.69) is 0 Å². The average Bonchev–Trinajstić information content (AvgIpc) is 3.36. The maximum atomic E-state index is 13.0. The number of allylic oxidation sites excluding steroid dienone is 4. The first kappa shape index (κ1) is 15.8. The molecule has 0 N–H and O–H groups in total. The minimum absolute atomic E-state index is 0.350. The highest BCUT2D eigenvalue weighted by molar-refractivity contribution is 5.50. The Morgan fingerprint density at radius 2 is 1.10 bits per heavy atom. The van der Waals surface area contributed by atoms with Crippen LogP contribution in [0, 0.1) is 10.8 Å². The maximum absolute atomic E-state index is 13.0. The van der Waals surface area contributed by atoms with Crippen LogP contribution in [0.5, 0.6) is 0 Å². The van der Waals surface area contributed by atoms with Gasteiger partial charge < -0.3 is 0 Å². The third-order valence-electron chi connectivity index (χ3n) is 8.99. The summed E-state index contributed by atoms with van der Waals surface area (Å²) in [6.45, 7) is 3.96. The number of hydrogen-bond acceptors (Lipinski definition) is 4. The molecule has 4 bridgehead atoms. The summed E-state index contributed by atoms with van der Waals surface area (Å²) in [6, 6.07) is -0.724. The highest BCUT2D eigenvalue weighted by Gasteiger charge is 2.92. The van der Waals surface area contributed by atoms with Crippen LogP contribution in [0.15, 0.2) is 43.5 Å². The second-order valence-electron chi connectivity index (χ2n) is 9.58. The SMILES string of the molecule is Cn1c(=O)n2n(c1=O)[C@]1(C)C=C[C@H]2C23C[C@]21[C@@H]1C=C[C@]3(C)n2c(=O)n(C)c(=O)n21. The Hall–Kier alpha value is -3.04. The smallest absolute Gasteiger partial charge is 0.246 e. The average molecular weight is 396 g/mol. The minimum Gasteiger partial charge on any atom is -0.246 e. The zero-order valence-electron chi connectivity index (χ0n) is 16.5. The Morgan fingerprint density at radius 1 is 0.724 bits per heavy atom. The van der Waals surface area contributed by atoms with E-state index in [1.54, 1.807) is 18.7 Å². The van der Waals surface area contributed by atoms with Gasteiger partial charge >= 0.3 is 22.8 Å². The van der Waals surface area contributed by atoms with Crippen LogP contribution in [0.3, 0.4) is 0 Å². The first-order valence-corrected chi connectivity index (χ1v) is 9.81. The summed E-state index contributed by atoms with van der Waals surface area (Å²) in [5.41, 5.74) is -3.89. The molecule has 6 atom stereocenters. The molecule has 10 nitrogen and oxygen atoms in total. The highest BCUT2D eigenvalue weighted by atomic mass is 16.2. The third-order valence-corrected chi connectivity index (χ3v) is 8.99. The Kier molecular flexibility index (Phi) is 2.04. The molecule has 0 radical (unpaired) electrons. The van der Waals surface area contributed by atoms with Crippen LogP contribution in [0.25, 0.3) is 0 Å². The molecule has 3 aliphatic carbocycles. The fourth-order valence-electron chi connectivity index (χ4n) is 7.72. The lowest BCUT2D eigenvalue weighted by Crippen LogP contribution is -2.70. The fourth-order valence-corrected chi connectivity index (χ4v) is 7.72. The number of aromatic nitrogens is 6. The van der Waals surface area contributed by atoms with Crippen molar-refractivity contribution in [1.29, 1.82) is 0 Å². The van der Waals surface area contributed by atoms with Crippen molar-refractivity contribution in [3.8, 4) is 0 Å². The summed E-state index contributed by atoms with van der Waals surface area (Å²) in [5, 5.41) is 0. The highest BCUT2D eigenvalue weighted by Crippen LogP contribution is 2.89. The molecule has 1 unspecified atom stereocenters. The Labute approximate surface area is 163 Å². The van der Waals surface area contributed by atoms with E-state index in [0.29, 0.717) is 0 Å². The normalized spacial score (nSPS) is 43.9. The van der Waals surface area contributed by atoms with Gasteiger partial charge in [0.1, 0.15) is 0 Å². The standard InChI is InChI=1S/C19H20N6O4/c1-16-7-5-11(22-12(26)20(3)14(28)24(16)22)19-9-18(16,19)10-6-8-17(19,2)25-15(29)21(4)13(27)23(10)25/h5-8,10-11H,9H2,1-4H3/t10-,11-,16-,17+,18?,19+/m0/s1. The topological polar surface area (TPSA) is 97.9 Å². The fraction of sp³-hybridized carbons (Fsp3) is 0.579. The number of rotatable bonds is 0. The first-order valence-electron chi connectivity index (χ1n) is 9.81. The van der Waals surface area contributed by atoms with E-state index in [9.17, 15) is 19.2 Å². The summed E-state index contributed by atoms with van der Waals surface area (Å²) in [5.74, 6) is 0. The molecule has 7 aliphatic rings. The molecule has 4 aliphatic heterocycles. The summed E-state index contributed by atoms with van der Waals surface area (Å²) in [4.78, 5) is 52.1. The molecule has 29 heavy (non-hydrogen) atoms. The second-order valence-corrected chi connectivity index (χ2v) is 9.58. The summed E-state index contributed by atoms with van der Waals surface area (Å²) < 4.78 is 8.60. The van der Waals surface area contributed by atoms with Gasteiger partial charge in [0, 0.05) is 24.9 Å². The van der Waals surface area contributed by atoms with E-state index < -0.39 is 21.9 Å². The lowest BCUT2D eigenvalue weighted by atomic mass is 9.55. The van der Waals surface area contributed by atoms with Crippen molar-refractivity contribution >= 4 is 0 Å². The Balaban J connectivity index is 1.69. The summed E-state index contributed by atoms with van der Waals surface area (Å²) in [7, 11) is 2.99. The van der Waals surface area contributed by atoms with Gasteiger partial charge in [-0.15, -0.1) is 0 Å². The van der Waals surface area contributed by atoms with Crippen molar-refractivity contribution in [2.24, 2.45) is 24.9 Å². The van der Waals surface area contributed by atoms with Gasteiger partial charge in [0.2, 0.25) is 0 Å². The van der Waals surface area contributed by atoms with Crippen LogP contribution in [0.1, 0.15) is 32.4 Å². The van der Waals surface area contributed by atoms with Crippen LogP contribution in [-0.2, 0) is 25.2 Å². The van der Waals surface area contributed by atoms with Crippen LogP contribution in [-0.4, -0.2) is 27.9 Å². The third kappa shape index (κ3) is 1.05. The molecule has 0 aromatic carbocycles. The predicted octanol–water partition coefficient (Wildman–Crippen LogP) is -1.23. The van der Waals surface area contributed by atoms with Crippen LogP contribution in [0.2, 0.25) is 0 Å². The zero-order chi connectivity index (χ0) is 20.5. The van der Waals surface area contributed by atoms with E-state index in [-0.39, 0.29) is 34.8 Å². The molecule has 10 heteroatoms. The van der Waals surface area contributed by atoms with Crippen LogP contribution in [0.4, 0.5) is 0 Å². The minimum atomic E-state index is -0.785. The van der Waals surface area contributed by atoms with Gasteiger partial charge in [-0.25, -0.2) is 47.0 Å². The van der Waals surface area contributed by atoms with Gasteiger partial charge in [0.25, 0.3) is 0 Å². The molecule has 0 saturated heterocycles. The molecular weight excluding hydrogens is 376 g/mol. The lowest BCUT2D eigenvalue weighted by Gasteiger charge is -2.62.